The smallest absolute Gasteiger partial charge is 0.326 e. The van der Waals surface area contributed by atoms with Crippen LogP contribution in [0.15, 0.2) is 24.3 Å². The Morgan fingerprint density at radius 2 is 1.89 bits per heavy atom. The Hall–Kier alpha value is -2.08. The Labute approximate surface area is 116 Å². The molecule has 0 aliphatic carbocycles. The van der Waals surface area contributed by atoms with Crippen LogP contribution in [0.3, 0.4) is 0 Å². The van der Waals surface area contributed by atoms with E-state index >= 15 is 0 Å². The van der Waals surface area contributed by atoms with E-state index in [1.54, 1.807) is 24.3 Å². The lowest BCUT2D eigenvalue weighted by Gasteiger charge is -2.26. The van der Waals surface area contributed by atoms with E-state index in [1.807, 2.05) is 0 Å². The zero-order chi connectivity index (χ0) is 13.1. The maximum Gasteiger partial charge on any atom is 0.328 e. The Morgan fingerprint density at radius 1 is 1.26 bits per heavy atom. The number of halogens is 1. The highest BCUT2D eigenvalue weighted by molar-refractivity contribution is 6.05. The van der Waals surface area contributed by atoms with Crippen LogP contribution in [-0.2, 0) is 9.59 Å². The van der Waals surface area contributed by atoms with Crippen LogP contribution in [0.1, 0.15) is 13.3 Å². The van der Waals surface area contributed by atoms with Crippen molar-refractivity contribution in [3.63, 3.8) is 0 Å². The zero-order valence-corrected chi connectivity index (χ0v) is 11.1. The van der Waals surface area contributed by atoms with Crippen LogP contribution in [0.5, 0.6) is 0 Å². The van der Waals surface area contributed by atoms with E-state index in [4.69, 9.17) is 0 Å². The monoisotopic (exact) mass is 283 g/mol. The van der Waals surface area contributed by atoms with Crippen molar-refractivity contribution in [1.82, 2.24) is 5.32 Å². The maximum atomic E-state index is 11.6. The van der Waals surface area contributed by atoms with Gasteiger partial charge in [0.2, 0.25) is 11.8 Å². The highest BCUT2D eigenvalue weighted by Gasteiger charge is 2.23. The Bertz CT molecular complexity index is 501. The predicted molar refractivity (Wildman–Crippen MR) is 73.5 cm³/mol. The van der Waals surface area contributed by atoms with E-state index < -0.39 is 6.03 Å². The molecule has 0 unspecified atom stereocenters. The summed E-state index contributed by atoms with van der Waals surface area (Å²) in [4.78, 5) is 35.0. The number of hydrogen-bond donors (Lipinski definition) is 2. The zero-order valence-electron chi connectivity index (χ0n) is 10.3. The number of carbonyl (C=O) groups is 3. The van der Waals surface area contributed by atoms with Gasteiger partial charge in [0.1, 0.15) is 0 Å². The van der Waals surface area contributed by atoms with Crippen molar-refractivity contribution in [1.29, 1.82) is 0 Å². The summed E-state index contributed by atoms with van der Waals surface area (Å²) in [5.74, 6) is -0.407. The molecule has 19 heavy (non-hydrogen) atoms. The molecule has 0 bridgehead atoms. The highest BCUT2D eigenvalue weighted by Crippen LogP contribution is 2.19. The van der Waals surface area contributed by atoms with Crippen LogP contribution in [0.25, 0.3) is 0 Å². The number of anilines is 2. The van der Waals surface area contributed by atoms with Crippen LogP contribution in [-0.4, -0.2) is 24.4 Å². The van der Waals surface area contributed by atoms with E-state index in [0.29, 0.717) is 24.3 Å². The highest BCUT2D eigenvalue weighted by atomic mass is 35.5. The standard InChI is InChI=1S/C12H13N3O3.ClH/c1-8(16)13-9-2-4-10(5-3-9)15-7-6-11(17)14-12(15)18;/h2-5H,6-7H2,1H3,(H,13,16)(H,14,17,18);1H. The fraction of sp³-hybridized carbons (Fsp3) is 0.250. The second-order valence-corrected chi connectivity index (χ2v) is 3.98. The van der Waals surface area contributed by atoms with Crippen molar-refractivity contribution >= 4 is 41.6 Å². The molecule has 4 amide bonds. The fourth-order valence-corrected chi connectivity index (χ4v) is 1.74. The van der Waals surface area contributed by atoms with Gasteiger partial charge in [0, 0.05) is 31.3 Å². The lowest BCUT2D eigenvalue weighted by atomic mass is 10.2. The predicted octanol–water partition coefficient (Wildman–Crippen LogP) is 1.51. The molecule has 1 aromatic rings. The Balaban J connectivity index is 0.00000180. The molecule has 1 aromatic carbocycles. The first-order valence-corrected chi connectivity index (χ1v) is 5.55. The first kappa shape index (κ1) is 15.0. The van der Waals surface area contributed by atoms with Gasteiger partial charge in [0.25, 0.3) is 0 Å². The summed E-state index contributed by atoms with van der Waals surface area (Å²) in [7, 11) is 0. The van der Waals surface area contributed by atoms with Crippen molar-refractivity contribution < 1.29 is 14.4 Å². The first-order valence-electron chi connectivity index (χ1n) is 5.55. The molecule has 1 fully saturated rings. The van der Waals surface area contributed by atoms with Gasteiger partial charge in [-0.3, -0.25) is 19.8 Å². The van der Waals surface area contributed by atoms with Gasteiger partial charge in [-0.1, -0.05) is 0 Å². The number of benzene rings is 1. The first-order chi connectivity index (χ1) is 8.56. The molecule has 6 nitrogen and oxygen atoms in total. The lowest BCUT2D eigenvalue weighted by Crippen LogP contribution is -2.49. The number of urea groups is 1. The molecule has 2 rings (SSSR count). The van der Waals surface area contributed by atoms with Crippen molar-refractivity contribution in [2.75, 3.05) is 16.8 Å². The molecule has 1 heterocycles. The van der Waals surface area contributed by atoms with E-state index in [9.17, 15) is 14.4 Å². The van der Waals surface area contributed by atoms with Crippen LogP contribution >= 0.6 is 12.4 Å². The van der Waals surface area contributed by atoms with E-state index in [1.165, 1.54) is 11.8 Å². The van der Waals surface area contributed by atoms with Crippen molar-refractivity contribution in [2.45, 2.75) is 13.3 Å². The molecule has 0 spiro atoms. The number of rotatable bonds is 2. The SMILES string of the molecule is CC(=O)Nc1ccc(N2CCC(=O)NC2=O)cc1.Cl. The number of hydrogen-bond acceptors (Lipinski definition) is 3. The van der Waals surface area contributed by atoms with Crippen LogP contribution < -0.4 is 15.5 Å². The van der Waals surface area contributed by atoms with Crippen molar-refractivity contribution in [3.8, 4) is 0 Å². The lowest BCUT2D eigenvalue weighted by molar-refractivity contribution is -0.120. The Kier molecular flexibility index (Phi) is 4.88. The molecule has 0 saturated carbocycles. The van der Waals surface area contributed by atoms with Crippen LogP contribution in [0.4, 0.5) is 16.2 Å². The number of carbonyl (C=O) groups excluding carboxylic acids is 3. The summed E-state index contributed by atoms with van der Waals surface area (Å²) in [6, 6.07) is 6.45. The quantitative estimate of drug-likeness (QED) is 0.863. The molecule has 1 saturated heterocycles. The van der Waals surface area contributed by atoms with E-state index in [0.717, 1.165) is 0 Å². The molecule has 1 aliphatic rings. The molecule has 102 valence electrons. The average molecular weight is 284 g/mol. The van der Waals surface area contributed by atoms with Gasteiger partial charge in [0.15, 0.2) is 0 Å². The fourth-order valence-electron chi connectivity index (χ4n) is 1.74. The van der Waals surface area contributed by atoms with Gasteiger partial charge in [-0.05, 0) is 24.3 Å². The summed E-state index contributed by atoms with van der Waals surface area (Å²) < 4.78 is 0. The van der Waals surface area contributed by atoms with Crippen molar-refractivity contribution in [3.05, 3.63) is 24.3 Å². The topological polar surface area (TPSA) is 78.5 Å². The molecule has 0 atom stereocenters. The molecular formula is C12H14ClN3O3. The summed E-state index contributed by atoms with van der Waals surface area (Å²) in [5, 5.41) is 4.89. The van der Waals surface area contributed by atoms with E-state index in [2.05, 4.69) is 10.6 Å². The molecule has 1 aliphatic heterocycles. The van der Waals surface area contributed by atoms with Gasteiger partial charge in [-0.15, -0.1) is 12.4 Å². The largest absolute Gasteiger partial charge is 0.328 e. The Morgan fingerprint density at radius 3 is 2.42 bits per heavy atom. The van der Waals surface area contributed by atoms with Gasteiger partial charge in [-0.2, -0.15) is 0 Å². The average Bonchev–Trinajstić information content (AvgIpc) is 2.30. The third-order valence-electron chi connectivity index (χ3n) is 2.55. The van der Waals surface area contributed by atoms with Gasteiger partial charge in [-0.25, -0.2) is 4.79 Å². The number of nitrogens with zero attached hydrogens (tertiary/aromatic N) is 1. The third kappa shape index (κ3) is 3.69. The number of nitrogens with one attached hydrogen (secondary N) is 2. The number of imide groups is 1. The second-order valence-electron chi connectivity index (χ2n) is 3.98. The van der Waals surface area contributed by atoms with Crippen LogP contribution in [0.2, 0.25) is 0 Å². The summed E-state index contributed by atoms with van der Waals surface area (Å²) in [5.41, 5.74) is 1.36. The summed E-state index contributed by atoms with van der Waals surface area (Å²) in [6.45, 7) is 1.79. The minimum absolute atomic E-state index is 0. The van der Waals surface area contributed by atoms with Gasteiger partial charge < -0.3 is 5.32 Å². The van der Waals surface area contributed by atoms with E-state index in [-0.39, 0.29) is 24.2 Å². The second kappa shape index (κ2) is 6.19. The summed E-state index contributed by atoms with van der Waals surface area (Å²) >= 11 is 0. The normalized spacial score (nSPS) is 14.5. The molecule has 7 heteroatoms. The minimum Gasteiger partial charge on any atom is -0.326 e. The maximum absolute atomic E-state index is 11.6. The van der Waals surface area contributed by atoms with Crippen molar-refractivity contribution in [2.24, 2.45) is 0 Å². The molecule has 2 N–H and O–H groups in total. The minimum atomic E-state index is -0.418. The van der Waals surface area contributed by atoms with Crippen LogP contribution in [0, 0.1) is 0 Å². The van der Waals surface area contributed by atoms with Gasteiger partial charge in [0.05, 0.1) is 0 Å². The summed E-state index contributed by atoms with van der Waals surface area (Å²) in [6.07, 6.45) is 0.291. The number of amides is 4. The molecular weight excluding hydrogens is 270 g/mol. The van der Waals surface area contributed by atoms with Gasteiger partial charge >= 0.3 is 6.03 Å². The molecule has 0 radical (unpaired) electrons. The third-order valence-corrected chi connectivity index (χ3v) is 2.55. The molecule has 0 aromatic heterocycles.